The van der Waals surface area contributed by atoms with Crippen LogP contribution in [0.4, 0.5) is 18.9 Å². The summed E-state index contributed by atoms with van der Waals surface area (Å²) in [6.07, 6.45) is -4.61. The highest BCUT2D eigenvalue weighted by Gasteiger charge is 2.44. The molecule has 1 heterocycles. The van der Waals surface area contributed by atoms with Crippen molar-refractivity contribution in [2.75, 3.05) is 0 Å². The molecule has 1 N–H and O–H groups in total. The molecule has 0 saturated heterocycles. The highest BCUT2D eigenvalue weighted by atomic mass is 19.4. The summed E-state index contributed by atoms with van der Waals surface area (Å²) in [5.74, 6) is -2.32. The van der Waals surface area contributed by atoms with Crippen LogP contribution in [0.25, 0.3) is 0 Å². The Morgan fingerprint density at radius 1 is 1.57 bits per heavy atom. The second kappa shape index (κ2) is 3.09. The highest BCUT2D eigenvalue weighted by molar-refractivity contribution is 6.01. The Bertz CT molecular complexity index is 383. The topological polar surface area (TPSA) is 88.9 Å². The van der Waals surface area contributed by atoms with Gasteiger partial charge in [0, 0.05) is 0 Å². The van der Waals surface area contributed by atoms with E-state index in [1.165, 1.54) is 0 Å². The van der Waals surface area contributed by atoms with E-state index in [1.807, 2.05) is 0 Å². The average Bonchev–Trinajstić information content (AvgIpc) is 2.48. The number of nitrogens with zero attached hydrogens (tertiary/aromatic N) is 2. The van der Waals surface area contributed by atoms with Crippen LogP contribution in [0.3, 0.4) is 0 Å². The summed E-state index contributed by atoms with van der Waals surface area (Å²) < 4.78 is 35.5. The number of carbonyl (C=O) groups is 1. The molecular formula is C5H2F3N3O3. The maximum absolute atomic E-state index is 11.8. The normalized spacial score (nSPS) is 11.4. The maximum Gasteiger partial charge on any atom is 0.456 e. The molecule has 1 rings (SSSR count). The number of nitro groups is 1. The minimum Gasteiger partial charge on any atom is -0.282 e. The molecule has 14 heavy (non-hydrogen) atoms. The lowest BCUT2D eigenvalue weighted by Gasteiger charge is -2.01. The Balaban J connectivity index is 3.14. The smallest absolute Gasteiger partial charge is 0.282 e. The quantitative estimate of drug-likeness (QED) is 0.448. The standard InChI is InChI=1S/C5H2F3N3O3/c6-5(7,8)4(12)3-2(11(13)14)1-9-10-3/h1H,(H,9,10). The van der Waals surface area contributed by atoms with Crippen molar-refractivity contribution in [3.63, 3.8) is 0 Å². The van der Waals surface area contributed by atoms with Crippen molar-refractivity contribution in [3.05, 3.63) is 22.0 Å². The summed E-state index contributed by atoms with van der Waals surface area (Å²) in [5, 5.41) is 14.8. The summed E-state index contributed by atoms with van der Waals surface area (Å²) in [6.45, 7) is 0. The van der Waals surface area contributed by atoms with Gasteiger partial charge in [0.15, 0.2) is 5.69 Å². The lowest BCUT2D eigenvalue weighted by Crippen LogP contribution is -2.23. The van der Waals surface area contributed by atoms with Crippen LogP contribution in [-0.2, 0) is 0 Å². The van der Waals surface area contributed by atoms with E-state index in [9.17, 15) is 28.1 Å². The number of alkyl halides is 3. The fourth-order valence-electron chi connectivity index (χ4n) is 0.727. The molecule has 0 bridgehead atoms. The van der Waals surface area contributed by atoms with Crippen molar-refractivity contribution in [3.8, 4) is 0 Å². The van der Waals surface area contributed by atoms with Crippen molar-refractivity contribution < 1.29 is 22.9 Å². The molecule has 0 amide bonds. The number of halogens is 3. The third-order valence-electron chi connectivity index (χ3n) is 1.30. The van der Waals surface area contributed by atoms with Gasteiger partial charge in [0.25, 0.3) is 5.78 Å². The van der Waals surface area contributed by atoms with Crippen LogP contribution >= 0.6 is 0 Å². The maximum atomic E-state index is 11.8. The molecule has 0 unspecified atom stereocenters. The summed E-state index contributed by atoms with van der Waals surface area (Å²) in [5.41, 5.74) is -2.16. The molecule has 0 aromatic carbocycles. The van der Waals surface area contributed by atoms with E-state index in [1.54, 1.807) is 5.10 Å². The molecule has 1 aromatic heterocycles. The van der Waals surface area contributed by atoms with E-state index in [0.29, 0.717) is 6.20 Å². The summed E-state index contributed by atoms with van der Waals surface area (Å²) in [4.78, 5) is 19.6. The third kappa shape index (κ3) is 1.70. The predicted octanol–water partition coefficient (Wildman–Crippen LogP) is 1.06. The Morgan fingerprint density at radius 3 is 2.57 bits per heavy atom. The molecule has 6 nitrogen and oxygen atoms in total. The van der Waals surface area contributed by atoms with Crippen molar-refractivity contribution in [1.29, 1.82) is 0 Å². The van der Waals surface area contributed by atoms with Gasteiger partial charge in [-0.3, -0.25) is 20.0 Å². The molecule has 0 atom stereocenters. The number of carbonyl (C=O) groups excluding carboxylic acids is 1. The van der Waals surface area contributed by atoms with Crippen LogP contribution in [-0.4, -0.2) is 27.1 Å². The molecule has 0 aliphatic heterocycles. The van der Waals surface area contributed by atoms with Gasteiger partial charge in [0.1, 0.15) is 6.20 Å². The van der Waals surface area contributed by atoms with Crippen molar-refractivity contribution in [2.45, 2.75) is 6.18 Å². The number of nitrogens with one attached hydrogen (secondary N) is 1. The SMILES string of the molecule is O=C(c1[nH]ncc1[N+](=O)[O-])C(F)(F)F. The van der Waals surface area contributed by atoms with Crippen LogP contribution in [0, 0.1) is 10.1 Å². The highest BCUT2D eigenvalue weighted by Crippen LogP contribution is 2.25. The minimum atomic E-state index is -5.16. The van der Waals surface area contributed by atoms with E-state index in [-0.39, 0.29) is 0 Å². The summed E-state index contributed by atoms with van der Waals surface area (Å²) >= 11 is 0. The lowest BCUT2D eigenvalue weighted by molar-refractivity contribution is -0.385. The van der Waals surface area contributed by atoms with Gasteiger partial charge in [-0.15, -0.1) is 0 Å². The minimum absolute atomic E-state index is 0.541. The molecule has 0 fully saturated rings. The van der Waals surface area contributed by atoms with E-state index in [4.69, 9.17) is 0 Å². The number of hydrogen-bond donors (Lipinski definition) is 1. The predicted molar refractivity (Wildman–Crippen MR) is 35.6 cm³/mol. The van der Waals surface area contributed by atoms with Crippen LogP contribution in [0.1, 0.15) is 10.5 Å². The van der Waals surface area contributed by atoms with Gasteiger partial charge in [-0.2, -0.15) is 18.3 Å². The molecule has 76 valence electrons. The molecule has 9 heteroatoms. The number of Topliss-reactive ketones (excluding diaryl/α,β-unsaturated/α-hetero) is 1. The first-order valence-electron chi connectivity index (χ1n) is 3.13. The number of hydrogen-bond acceptors (Lipinski definition) is 4. The zero-order valence-corrected chi connectivity index (χ0v) is 6.33. The first-order chi connectivity index (χ1) is 6.34. The van der Waals surface area contributed by atoms with E-state index >= 15 is 0 Å². The molecular weight excluding hydrogens is 207 g/mol. The van der Waals surface area contributed by atoms with Crippen molar-refractivity contribution in [1.82, 2.24) is 10.2 Å². The van der Waals surface area contributed by atoms with Crippen LogP contribution in [0.5, 0.6) is 0 Å². The molecule has 0 radical (unpaired) electrons. The summed E-state index contributed by atoms with van der Waals surface area (Å²) in [7, 11) is 0. The molecule has 0 aliphatic rings. The van der Waals surface area contributed by atoms with Crippen LogP contribution < -0.4 is 0 Å². The van der Waals surface area contributed by atoms with E-state index < -0.39 is 28.3 Å². The average molecular weight is 209 g/mol. The molecule has 1 aromatic rings. The van der Waals surface area contributed by atoms with E-state index in [0.717, 1.165) is 0 Å². The largest absolute Gasteiger partial charge is 0.456 e. The third-order valence-corrected chi connectivity index (χ3v) is 1.30. The Hall–Kier alpha value is -1.93. The monoisotopic (exact) mass is 209 g/mol. The second-order valence-electron chi connectivity index (χ2n) is 2.21. The zero-order valence-electron chi connectivity index (χ0n) is 6.33. The molecule has 0 saturated carbocycles. The van der Waals surface area contributed by atoms with Gasteiger partial charge >= 0.3 is 11.9 Å². The molecule has 0 aliphatic carbocycles. The van der Waals surface area contributed by atoms with E-state index in [2.05, 4.69) is 5.10 Å². The lowest BCUT2D eigenvalue weighted by atomic mass is 10.2. The van der Waals surface area contributed by atoms with Crippen molar-refractivity contribution in [2.24, 2.45) is 0 Å². The second-order valence-corrected chi connectivity index (χ2v) is 2.21. The van der Waals surface area contributed by atoms with Gasteiger partial charge in [-0.05, 0) is 0 Å². The number of H-pyrrole nitrogens is 1. The van der Waals surface area contributed by atoms with Gasteiger partial charge in [0.2, 0.25) is 0 Å². The molecule has 0 spiro atoms. The fraction of sp³-hybridized carbons (Fsp3) is 0.200. The van der Waals surface area contributed by atoms with Gasteiger partial charge in [0.05, 0.1) is 4.92 Å². The fourth-order valence-corrected chi connectivity index (χ4v) is 0.727. The Morgan fingerprint density at radius 2 is 2.14 bits per heavy atom. The number of rotatable bonds is 2. The van der Waals surface area contributed by atoms with Crippen LogP contribution in [0.15, 0.2) is 6.20 Å². The first kappa shape index (κ1) is 10.2. The Labute approximate surface area is 73.9 Å². The first-order valence-corrected chi connectivity index (χ1v) is 3.13. The van der Waals surface area contributed by atoms with Gasteiger partial charge < -0.3 is 0 Å². The number of ketones is 1. The summed E-state index contributed by atoms with van der Waals surface area (Å²) in [6, 6.07) is 0. The number of aromatic nitrogens is 2. The van der Waals surface area contributed by atoms with Crippen molar-refractivity contribution >= 4 is 11.5 Å². The number of aromatic amines is 1. The van der Waals surface area contributed by atoms with Crippen LogP contribution in [0.2, 0.25) is 0 Å². The van der Waals surface area contributed by atoms with Gasteiger partial charge in [-0.25, -0.2) is 0 Å². The van der Waals surface area contributed by atoms with Gasteiger partial charge in [-0.1, -0.05) is 0 Å². The zero-order chi connectivity index (χ0) is 10.9. The Kier molecular flexibility index (Phi) is 2.24.